The second-order valence-electron chi connectivity index (χ2n) is 3.39. The van der Waals surface area contributed by atoms with Crippen LogP contribution in [0.5, 0.6) is 5.75 Å². The van der Waals surface area contributed by atoms with Crippen molar-refractivity contribution < 1.29 is 13.9 Å². The molecule has 1 aromatic heterocycles. The molecule has 0 aliphatic carbocycles. The van der Waals surface area contributed by atoms with Crippen molar-refractivity contribution in [1.29, 1.82) is 0 Å². The molecule has 1 aromatic carbocycles. The van der Waals surface area contributed by atoms with Gasteiger partial charge in [0, 0.05) is 0 Å². The number of furan rings is 1. The summed E-state index contributed by atoms with van der Waals surface area (Å²) in [4.78, 5) is 11.5. The Bertz CT molecular complexity index is 451. The van der Waals surface area contributed by atoms with Gasteiger partial charge < -0.3 is 14.5 Å². The van der Waals surface area contributed by atoms with E-state index in [1.165, 1.54) is 6.26 Å². The molecular weight excluding hydrogens is 218 g/mol. The molecule has 0 atom stereocenters. The molecule has 0 bridgehead atoms. The van der Waals surface area contributed by atoms with Crippen molar-refractivity contribution in [3.05, 3.63) is 54.5 Å². The quantitative estimate of drug-likeness (QED) is 0.801. The first-order valence-corrected chi connectivity index (χ1v) is 5.36. The first kappa shape index (κ1) is 11.3. The molecule has 17 heavy (non-hydrogen) atoms. The first-order chi connectivity index (χ1) is 8.36. The maximum Gasteiger partial charge on any atom is 0.287 e. The van der Waals surface area contributed by atoms with E-state index < -0.39 is 0 Å². The fourth-order valence-electron chi connectivity index (χ4n) is 1.35. The van der Waals surface area contributed by atoms with Gasteiger partial charge in [-0.05, 0) is 24.3 Å². The topological polar surface area (TPSA) is 51.5 Å². The Morgan fingerprint density at radius 3 is 2.71 bits per heavy atom. The third-order valence-corrected chi connectivity index (χ3v) is 2.14. The number of carbonyl (C=O) groups excluding carboxylic acids is 1. The molecule has 1 N–H and O–H groups in total. The van der Waals surface area contributed by atoms with Crippen LogP contribution in [0.3, 0.4) is 0 Å². The van der Waals surface area contributed by atoms with E-state index in [1.807, 2.05) is 30.3 Å². The lowest BCUT2D eigenvalue weighted by Crippen LogP contribution is -2.27. The molecule has 4 nitrogen and oxygen atoms in total. The lowest BCUT2D eigenvalue weighted by molar-refractivity contribution is 0.0919. The van der Waals surface area contributed by atoms with E-state index in [4.69, 9.17) is 9.15 Å². The van der Waals surface area contributed by atoms with Gasteiger partial charge in [0.25, 0.3) is 5.91 Å². The van der Waals surface area contributed by atoms with E-state index in [-0.39, 0.29) is 5.91 Å². The third-order valence-electron chi connectivity index (χ3n) is 2.14. The molecule has 0 aliphatic heterocycles. The molecule has 0 fully saturated rings. The van der Waals surface area contributed by atoms with Gasteiger partial charge in [0.1, 0.15) is 12.4 Å². The minimum Gasteiger partial charge on any atom is -0.492 e. The van der Waals surface area contributed by atoms with Crippen molar-refractivity contribution in [2.45, 2.75) is 0 Å². The molecule has 1 amide bonds. The Morgan fingerprint density at radius 2 is 2.00 bits per heavy atom. The Morgan fingerprint density at radius 1 is 1.18 bits per heavy atom. The van der Waals surface area contributed by atoms with Gasteiger partial charge in [0.05, 0.1) is 12.8 Å². The minimum atomic E-state index is -0.230. The largest absolute Gasteiger partial charge is 0.492 e. The molecule has 0 aliphatic rings. The number of hydrogen-bond acceptors (Lipinski definition) is 3. The highest BCUT2D eigenvalue weighted by Crippen LogP contribution is 2.07. The summed E-state index contributed by atoms with van der Waals surface area (Å²) < 4.78 is 10.4. The van der Waals surface area contributed by atoms with Gasteiger partial charge in [-0.1, -0.05) is 18.2 Å². The first-order valence-electron chi connectivity index (χ1n) is 5.36. The molecule has 0 radical (unpaired) electrons. The maximum absolute atomic E-state index is 11.5. The second-order valence-corrected chi connectivity index (χ2v) is 3.39. The summed E-state index contributed by atoms with van der Waals surface area (Å²) in [5.41, 5.74) is 0. The van der Waals surface area contributed by atoms with Gasteiger partial charge in [-0.3, -0.25) is 4.79 Å². The number of carbonyl (C=O) groups is 1. The summed E-state index contributed by atoms with van der Waals surface area (Å²) in [6, 6.07) is 12.8. The molecular formula is C13H13NO3. The van der Waals surface area contributed by atoms with Crippen molar-refractivity contribution >= 4 is 5.91 Å². The zero-order valence-electron chi connectivity index (χ0n) is 9.26. The predicted molar refractivity (Wildman–Crippen MR) is 63.0 cm³/mol. The predicted octanol–water partition coefficient (Wildman–Crippen LogP) is 2.09. The molecule has 0 unspecified atom stereocenters. The summed E-state index contributed by atoms with van der Waals surface area (Å²) in [5, 5.41) is 2.70. The summed E-state index contributed by atoms with van der Waals surface area (Å²) in [6.45, 7) is 0.866. The van der Waals surface area contributed by atoms with Crippen molar-refractivity contribution in [2.24, 2.45) is 0 Å². The van der Waals surface area contributed by atoms with Crippen LogP contribution in [0.1, 0.15) is 10.6 Å². The highest BCUT2D eigenvalue weighted by molar-refractivity contribution is 5.91. The normalized spacial score (nSPS) is 9.88. The van der Waals surface area contributed by atoms with Crippen LogP contribution < -0.4 is 10.1 Å². The highest BCUT2D eigenvalue weighted by atomic mass is 16.5. The number of para-hydroxylation sites is 1. The smallest absolute Gasteiger partial charge is 0.287 e. The van der Waals surface area contributed by atoms with Crippen molar-refractivity contribution in [2.75, 3.05) is 13.2 Å². The van der Waals surface area contributed by atoms with Crippen LogP contribution in [0.2, 0.25) is 0 Å². The lowest BCUT2D eigenvalue weighted by atomic mass is 10.3. The van der Waals surface area contributed by atoms with Gasteiger partial charge >= 0.3 is 0 Å². The van der Waals surface area contributed by atoms with E-state index in [0.29, 0.717) is 18.9 Å². The van der Waals surface area contributed by atoms with Crippen molar-refractivity contribution in [1.82, 2.24) is 5.32 Å². The summed E-state index contributed by atoms with van der Waals surface area (Å²) in [7, 11) is 0. The molecule has 0 saturated carbocycles. The Balaban J connectivity index is 1.69. The fraction of sp³-hybridized carbons (Fsp3) is 0.154. The Kier molecular flexibility index (Phi) is 3.81. The molecule has 88 valence electrons. The van der Waals surface area contributed by atoms with E-state index in [0.717, 1.165) is 5.75 Å². The van der Waals surface area contributed by atoms with Gasteiger partial charge in [0.15, 0.2) is 5.76 Å². The molecule has 2 aromatic rings. The fourth-order valence-corrected chi connectivity index (χ4v) is 1.35. The van der Waals surface area contributed by atoms with Crippen LogP contribution in [0.4, 0.5) is 0 Å². The Labute approximate surface area is 99.2 Å². The lowest BCUT2D eigenvalue weighted by Gasteiger charge is -2.06. The number of benzene rings is 1. The Hall–Kier alpha value is -2.23. The standard InChI is InChI=1S/C13H13NO3/c15-13(12-7-4-9-17-12)14-8-10-16-11-5-2-1-3-6-11/h1-7,9H,8,10H2,(H,14,15). The SMILES string of the molecule is O=C(NCCOc1ccccc1)c1ccco1. The second kappa shape index (κ2) is 5.75. The van der Waals surface area contributed by atoms with E-state index in [9.17, 15) is 4.79 Å². The minimum absolute atomic E-state index is 0.230. The van der Waals surface area contributed by atoms with Gasteiger partial charge in [0.2, 0.25) is 0 Å². The molecule has 4 heteroatoms. The number of amides is 1. The van der Waals surface area contributed by atoms with Crippen LogP contribution in [-0.2, 0) is 0 Å². The third kappa shape index (κ3) is 3.38. The van der Waals surface area contributed by atoms with Crippen LogP contribution >= 0.6 is 0 Å². The van der Waals surface area contributed by atoms with Gasteiger partial charge in [-0.25, -0.2) is 0 Å². The number of ether oxygens (including phenoxy) is 1. The monoisotopic (exact) mass is 231 g/mol. The summed E-state index contributed by atoms with van der Waals surface area (Å²) in [6.07, 6.45) is 1.47. The summed E-state index contributed by atoms with van der Waals surface area (Å²) >= 11 is 0. The van der Waals surface area contributed by atoms with Crippen LogP contribution in [0, 0.1) is 0 Å². The highest BCUT2D eigenvalue weighted by Gasteiger charge is 2.06. The van der Waals surface area contributed by atoms with E-state index in [1.54, 1.807) is 12.1 Å². The molecule has 1 heterocycles. The zero-order valence-corrected chi connectivity index (χ0v) is 9.26. The average molecular weight is 231 g/mol. The molecule has 2 rings (SSSR count). The van der Waals surface area contributed by atoms with Crippen molar-refractivity contribution in [3.63, 3.8) is 0 Å². The maximum atomic E-state index is 11.5. The number of nitrogens with one attached hydrogen (secondary N) is 1. The van der Waals surface area contributed by atoms with E-state index >= 15 is 0 Å². The average Bonchev–Trinajstić information content (AvgIpc) is 2.89. The number of hydrogen-bond donors (Lipinski definition) is 1. The zero-order chi connectivity index (χ0) is 11.9. The summed E-state index contributed by atoms with van der Waals surface area (Å²) in [5.74, 6) is 0.871. The number of rotatable bonds is 5. The van der Waals surface area contributed by atoms with Crippen LogP contribution in [0.25, 0.3) is 0 Å². The van der Waals surface area contributed by atoms with Gasteiger partial charge in [-0.2, -0.15) is 0 Å². The van der Waals surface area contributed by atoms with Crippen LogP contribution in [-0.4, -0.2) is 19.1 Å². The van der Waals surface area contributed by atoms with E-state index in [2.05, 4.69) is 5.32 Å². The van der Waals surface area contributed by atoms with Crippen LogP contribution in [0.15, 0.2) is 53.1 Å². The van der Waals surface area contributed by atoms with Crippen molar-refractivity contribution in [3.8, 4) is 5.75 Å². The molecule has 0 saturated heterocycles. The van der Waals surface area contributed by atoms with Gasteiger partial charge in [-0.15, -0.1) is 0 Å². The molecule has 0 spiro atoms.